The number of aryl methyl sites for hydroxylation is 1. The maximum absolute atomic E-state index is 12.4. The fraction of sp³-hybridized carbons (Fsp3) is 0.643. The highest BCUT2D eigenvalue weighted by Gasteiger charge is 2.46. The number of nitrogen functional groups attached to an aromatic ring is 1. The number of likely N-dealkylation sites (tertiary alicyclic amines) is 1. The molecule has 0 radical (unpaired) electrons. The van der Waals surface area contributed by atoms with E-state index >= 15 is 0 Å². The molecule has 2 saturated heterocycles. The monoisotopic (exact) mass is 307 g/mol. The quantitative estimate of drug-likeness (QED) is 0.843. The number of nitrogens with zero attached hydrogens (tertiary/aromatic N) is 4. The molecule has 8 nitrogen and oxygen atoms in total. The third-order valence-corrected chi connectivity index (χ3v) is 4.39. The van der Waals surface area contributed by atoms with Crippen molar-refractivity contribution in [3.05, 3.63) is 11.8 Å². The van der Waals surface area contributed by atoms with Crippen LogP contribution in [0.25, 0.3) is 0 Å². The van der Waals surface area contributed by atoms with Crippen molar-refractivity contribution in [2.24, 2.45) is 0 Å². The van der Waals surface area contributed by atoms with E-state index in [-0.39, 0.29) is 18.5 Å². The maximum atomic E-state index is 12.4. The van der Waals surface area contributed by atoms with Crippen molar-refractivity contribution in [2.75, 3.05) is 32.4 Å². The molecular formula is C14H21N5O3. The first kappa shape index (κ1) is 14.7. The minimum atomic E-state index is -0.427. The summed E-state index contributed by atoms with van der Waals surface area (Å²) in [4.78, 5) is 27.3. The van der Waals surface area contributed by atoms with E-state index in [9.17, 15) is 9.59 Å². The highest BCUT2D eigenvalue weighted by Crippen LogP contribution is 2.32. The van der Waals surface area contributed by atoms with Crippen molar-refractivity contribution in [1.82, 2.24) is 19.6 Å². The number of piperidine rings is 1. The first-order valence-electron chi connectivity index (χ1n) is 7.40. The van der Waals surface area contributed by atoms with E-state index in [1.165, 1.54) is 4.68 Å². The van der Waals surface area contributed by atoms with Gasteiger partial charge in [-0.3, -0.25) is 4.79 Å². The molecule has 0 unspecified atom stereocenters. The number of carbonyl (C=O) groups excluding carboxylic acids is 2. The van der Waals surface area contributed by atoms with Crippen LogP contribution >= 0.6 is 0 Å². The standard InChI is InChI=1S/C14H21N5O3/c1-10-7-11(15)19(16-10)8-12(20)18-5-3-14(4-6-18)9-17(2)13(21)22-14/h7H,3-6,8-9,15H2,1-2H3. The zero-order valence-electron chi connectivity index (χ0n) is 12.9. The van der Waals surface area contributed by atoms with E-state index in [4.69, 9.17) is 10.5 Å². The molecule has 8 heteroatoms. The van der Waals surface area contributed by atoms with Crippen LogP contribution in [0.5, 0.6) is 0 Å². The molecule has 0 aromatic carbocycles. The first-order valence-corrected chi connectivity index (χ1v) is 7.40. The zero-order chi connectivity index (χ0) is 15.9. The summed E-state index contributed by atoms with van der Waals surface area (Å²) in [6, 6.07) is 1.74. The van der Waals surface area contributed by atoms with Crippen LogP contribution in [0.1, 0.15) is 18.5 Å². The Hall–Kier alpha value is -2.25. The lowest BCUT2D eigenvalue weighted by Gasteiger charge is -2.37. The lowest BCUT2D eigenvalue weighted by Crippen LogP contribution is -2.49. The van der Waals surface area contributed by atoms with Gasteiger partial charge in [-0.05, 0) is 6.92 Å². The average molecular weight is 307 g/mol. The smallest absolute Gasteiger partial charge is 0.410 e. The Labute approximate surface area is 128 Å². The molecular weight excluding hydrogens is 286 g/mol. The van der Waals surface area contributed by atoms with Gasteiger partial charge in [-0.15, -0.1) is 0 Å². The van der Waals surface area contributed by atoms with E-state index in [2.05, 4.69) is 5.10 Å². The number of carbonyl (C=O) groups is 2. The summed E-state index contributed by atoms with van der Waals surface area (Å²) in [6.07, 6.45) is 1.06. The molecule has 1 aromatic heterocycles. The van der Waals surface area contributed by atoms with Crippen LogP contribution in [0.2, 0.25) is 0 Å². The van der Waals surface area contributed by atoms with Gasteiger partial charge in [-0.1, -0.05) is 0 Å². The van der Waals surface area contributed by atoms with Gasteiger partial charge in [0.25, 0.3) is 0 Å². The molecule has 1 aromatic rings. The van der Waals surface area contributed by atoms with Crippen molar-refractivity contribution >= 4 is 17.8 Å². The third kappa shape index (κ3) is 2.60. The van der Waals surface area contributed by atoms with Gasteiger partial charge in [0.1, 0.15) is 18.0 Å². The highest BCUT2D eigenvalue weighted by atomic mass is 16.6. The van der Waals surface area contributed by atoms with Crippen LogP contribution in [0.3, 0.4) is 0 Å². The summed E-state index contributed by atoms with van der Waals surface area (Å²) in [6.45, 7) is 3.75. The molecule has 2 fully saturated rings. The van der Waals surface area contributed by atoms with E-state index in [0.717, 1.165) is 5.69 Å². The Morgan fingerprint density at radius 2 is 2.14 bits per heavy atom. The summed E-state index contributed by atoms with van der Waals surface area (Å²) in [5.74, 6) is 0.480. The van der Waals surface area contributed by atoms with Crippen molar-refractivity contribution < 1.29 is 14.3 Å². The predicted molar refractivity (Wildman–Crippen MR) is 79.0 cm³/mol. The van der Waals surface area contributed by atoms with Crippen LogP contribution in [0.4, 0.5) is 10.6 Å². The molecule has 3 rings (SSSR count). The normalized spacial score (nSPS) is 20.5. The van der Waals surface area contributed by atoms with Crippen LogP contribution in [-0.2, 0) is 16.1 Å². The van der Waals surface area contributed by atoms with Crippen LogP contribution < -0.4 is 5.73 Å². The van der Waals surface area contributed by atoms with Crippen LogP contribution in [0.15, 0.2) is 6.07 Å². The molecule has 2 amide bonds. The maximum Gasteiger partial charge on any atom is 0.410 e. The van der Waals surface area contributed by atoms with Crippen LogP contribution in [0, 0.1) is 6.92 Å². The number of aromatic nitrogens is 2. The molecule has 0 aliphatic carbocycles. The molecule has 0 saturated carbocycles. The van der Waals surface area contributed by atoms with Gasteiger partial charge in [0, 0.05) is 39.0 Å². The fourth-order valence-electron chi connectivity index (χ4n) is 3.14. The SMILES string of the molecule is Cc1cc(N)n(CC(=O)N2CCC3(CC2)CN(C)C(=O)O3)n1. The molecule has 2 aliphatic rings. The van der Waals surface area contributed by atoms with Crippen molar-refractivity contribution in [3.8, 4) is 0 Å². The largest absolute Gasteiger partial charge is 0.441 e. The van der Waals surface area contributed by atoms with E-state index in [1.807, 2.05) is 6.92 Å². The summed E-state index contributed by atoms with van der Waals surface area (Å²) in [5.41, 5.74) is 6.18. The second kappa shape index (κ2) is 5.19. The van der Waals surface area contributed by atoms with E-state index in [1.54, 1.807) is 22.9 Å². The Kier molecular flexibility index (Phi) is 3.46. The van der Waals surface area contributed by atoms with E-state index < -0.39 is 5.60 Å². The van der Waals surface area contributed by atoms with Crippen molar-refractivity contribution in [3.63, 3.8) is 0 Å². The molecule has 3 heterocycles. The Morgan fingerprint density at radius 1 is 1.45 bits per heavy atom. The van der Waals surface area contributed by atoms with Crippen molar-refractivity contribution in [1.29, 1.82) is 0 Å². The van der Waals surface area contributed by atoms with Crippen molar-refractivity contribution in [2.45, 2.75) is 31.9 Å². The first-order chi connectivity index (χ1) is 10.4. The van der Waals surface area contributed by atoms with Gasteiger partial charge in [-0.2, -0.15) is 5.10 Å². The number of rotatable bonds is 2. The molecule has 2 N–H and O–H groups in total. The van der Waals surface area contributed by atoms with Gasteiger partial charge in [0.05, 0.1) is 12.2 Å². The number of ether oxygens (including phenoxy) is 1. The van der Waals surface area contributed by atoms with Crippen LogP contribution in [-0.4, -0.2) is 63.9 Å². The second-order valence-corrected chi connectivity index (χ2v) is 6.16. The van der Waals surface area contributed by atoms with E-state index in [0.29, 0.717) is 38.3 Å². The van der Waals surface area contributed by atoms with Gasteiger partial charge < -0.3 is 20.3 Å². The lowest BCUT2D eigenvalue weighted by molar-refractivity contribution is -0.135. The minimum absolute atomic E-state index is 0.0117. The Balaban J connectivity index is 1.58. The Bertz CT molecular complexity index is 604. The van der Waals surface area contributed by atoms with Gasteiger partial charge in [-0.25, -0.2) is 9.48 Å². The lowest BCUT2D eigenvalue weighted by atomic mass is 9.91. The molecule has 2 aliphatic heterocycles. The minimum Gasteiger partial charge on any atom is -0.441 e. The third-order valence-electron chi connectivity index (χ3n) is 4.39. The molecule has 0 atom stereocenters. The summed E-state index contributed by atoms with van der Waals surface area (Å²) in [7, 11) is 1.73. The average Bonchev–Trinajstić information content (AvgIpc) is 2.90. The summed E-state index contributed by atoms with van der Waals surface area (Å²) >= 11 is 0. The summed E-state index contributed by atoms with van der Waals surface area (Å²) < 4.78 is 7.00. The number of anilines is 1. The Morgan fingerprint density at radius 3 is 2.64 bits per heavy atom. The molecule has 0 bridgehead atoms. The number of hydrogen-bond acceptors (Lipinski definition) is 5. The number of amides is 2. The number of hydrogen-bond donors (Lipinski definition) is 1. The van der Waals surface area contributed by atoms with Gasteiger partial charge >= 0.3 is 6.09 Å². The second-order valence-electron chi connectivity index (χ2n) is 6.16. The number of nitrogens with two attached hydrogens (primary N) is 1. The molecule has 120 valence electrons. The summed E-state index contributed by atoms with van der Waals surface area (Å²) in [5, 5.41) is 4.20. The van der Waals surface area contributed by atoms with Gasteiger partial charge in [0.2, 0.25) is 5.91 Å². The zero-order valence-corrected chi connectivity index (χ0v) is 12.9. The van der Waals surface area contributed by atoms with Gasteiger partial charge in [0.15, 0.2) is 0 Å². The predicted octanol–water partition coefficient (Wildman–Crippen LogP) is 0.217. The molecule has 1 spiro atoms. The number of likely N-dealkylation sites (N-methyl/N-ethyl adjacent to an activating group) is 1. The fourth-order valence-corrected chi connectivity index (χ4v) is 3.14. The highest BCUT2D eigenvalue weighted by molar-refractivity contribution is 5.76. The topological polar surface area (TPSA) is 93.7 Å². The molecule has 22 heavy (non-hydrogen) atoms.